The van der Waals surface area contributed by atoms with E-state index in [4.69, 9.17) is 116 Å². The normalized spacial score (nSPS) is 11.3. The molecule has 0 heterocycles. The van der Waals surface area contributed by atoms with E-state index in [1.807, 2.05) is 0 Å². The monoisotopic (exact) mass is 590 g/mol. The van der Waals surface area contributed by atoms with Crippen LogP contribution in [0, 0.1) is 0 Å². The third-order valence-electron chi connectivity index (χ3n) is 2.57. The molecule has 2 rings (SSSR count). The summed E-state index contributed by atoms with van der Waals surface area (Å²) in [4.78, 5) is 0.886. The second-order valence-corrected chi connectivity index (χ2v) is 11.7. The van der Waals surface area contributed by atoms with E-state index in [1.54, 1.807) is 0 Å². The van der Waals surface area contributed by atoms with Gasteiger partial charge in [-0.15, -0.1) is 0 Å². The zero-order valence-electron chi connectivity index (χ0n) is 11.0. The zero-order valence-corrected chi connectivity index (χ0v) is 21.0. The molecule has 0 fully saturated rings. The second kappa shape index (κ2) is 9.93. The molecule has 0 atom stereocenters. The van der Waals surface area contributed by atoms with Crippen LogP contribution in [-0.2, 0) is 0 Å². The predicted octanol–water partition coefficient (Wildman–Crippen LogP) is 11.7. The van der Waals surface area contributed by atoms with Crippen molar-refractivity contribution in [1.29, 1.82) is 0 Å². The van der Waals surface area contributed by atoms with Gasteiger partial charge in [0, 0.05) is 0 Å². The van der Waals surface area contributed by atoms with Crippen LogP contribution < -0.4 is 0 Å². The first-order valence-corrected chi connectivity index (χ1v) is 12.9. The van der Waals surface area contributed by atoms with Crippen molar-refractivity contribution >= 4 is 147 Å². The van der Waals surface area contributed by atoms with Gasteiger partial charge in [-0.25, -0.2) is 0 Å². The van der Waals surface area contributed by atoms with Crippen LogP contribution in [-0.4, -0.2) is 0 Å². The molecule has 0 aliphatic rings. The lowest BCUT2D eigenvalue weighted by molar-refractivity contribution is 1.47. The molecule has 0 spiro atoms. The first-order chi connectivity index (χ1) is 11.6. The average Bonchev–Trinajstić information content (AvgIpc) is 2.60. The minimum Gasteiger partial charge on any atom is -0.0813 e. The summed E-state index contributed by atoms with van der Waals surface area (Å²) in [6.07, 6.45) is 0. The molecule has 2 aromatic rings. The lowest BCUT2D eigenvalue weighted by atomic mass is 10.3. The van der Waals surface area contributed by atoms with Gasteiger partial charge in [0.15, 0.2) is 0 Å². The smallest absolute Gasteiger partial charge is 0.0809 e. The number of rotatable bonds is 4. The van der Waals surface area contributed by atoms with Gasteiger partial charge in [-0.05, 0) is 31.4 Å². The molecule has 0 nitrogen and oxygen atoms in total. The van der Waals surface area contributed by atoms with Crippen molar-refractivity contribution in [3.05, 3.63) is 50.2 Å². The predicted molar refractivity (Wildman–Crippen MR) is 122 cm³/mol. The van der Waals surface area contributed by atoms with Crippen molar-refractivity contribution in [2.75, 3.05) is 0 Å². The lowest BCUT2D eigenvalue weighted by Gasteiger charge is -2.13. The Morgan fingerprint density at radius 2 is 0.520 bits per heavy atom. The van der Waals surface area contributed by atoms with E-state index in [1.165, 1.54) is 31.4 Å². The molecule has 0 aromatic heterocycles. The summed E-state index contributed by atoms with van der Waals surface area (Å²) in [6.45, 7) is 0. The van der Waals surface area contributed by atoms with Crippen LogP contribution in [0.1, 0.15) is 0 Å². The van der Waals surface area contributed by atoms with Crippen LogP contribution in [0.15, 0.2) is 9.79 Å². The SMILES string of the molecule is Clc1c(Cl)c(Cl)c(SSSc2c(Cl)c(Cl)c(Cl)c(Cl)c2Cl)c(Cl)c1Cl. The lowest BCUT2D eigenvalue weighted by Crippen LogP contribution is -1.83. The van der Waals surface area contributed by atoms with E-state index in [0.29, 0.717) is 9.79 Å². The first-order valence-electron chi connectivity index (χ1n) is 5.63. The highest BCUT2D eigenvalue weighted by atomic mass is 35.5. The highest BCUT2D eigenvalue weighted by Crippen LogP contribution is 2.57. The van der Waals surface area contributed by atoms with Crippen LogP contribution in [0.25, 0.3) is 0 Å². The number of hydrogen-bond acceptors (Lipinski definition) is 3. The molecule has 0 bridgehead atoms. The van der Waals surface area contributed by atoms with E-state index in [9.17, 15) is 0 Å². The van der Waals surface area contributed by atoms with Crippen LogP contribution in [0.4, 0.5) is 0 Å². The highest BCUT2D eigenvalue weighted by molar-refractivity contribution is 9.09. The van der Waals surface area contributed by atoms with Gasteiger partial charge in [-0.2, -0.15) is 0 Å². The summed E-state index contributed by atoms with van der Waals surface area (Å²) in [5, 5.41) is 1.35. The van der Waals surface area contributed by atoms with Gasteiger partial charge in [-0.1, -0.05) is 116 Å². The van der Waals surface area contributed by atoms with E-state index in [0.717, 1.165) is 0 Å². The summed E-state index contributed by atoms with van der Waals surface area (Å²) < 4.78 is 0. The van der Waals surface area contributed by atoms with E-state index < -0.39 is 0 Å². The van der Waals surface area contributed by atoms with Crippen molar-refractivity contribution in [1.82, 2.24) is 0 Å². The Morgan fingerprint density at radius 1 is 0.320 bits per heavy atom. The van der Waals surface area contributed by atoms with Crippen molar-refractivity contribution in [2.45, 2.75) is 9.79 Å². The van der Waals surface area contributed by atoms with Crippen molar-refractivity contribution in [2.24, 2.45) is 0 Å². The maximum Gasteiger partial charge on any atom is 0.0809 e. The molecule has 0 unspecified atom stereocenters. The van der Waals surface area contributed by atoms with E-state index in [2.05, 4.69) is 0 Å². The molecule has 2 aromatic carbocycles. The Hall–Kier alpha value is 2.39. The molecule has 0 saturated carbocycles. The quantitative estimate of drug-likeness (QED) is 0.196. The molecular formula is C12Cl10S3. The summed E-state index contributed by atoms with van der Waals surface area (Å²) in [5.74, 6) is 0. The molecule has 13 heteroatoms. The molecule has 0 N–H and O–H groups in total. The standard InChI is InChI=1S/C12Cl10S3/c13-1-3(15)7(19)11(8(20)4(1)16)23-25-24-12-9(21)5(17)2(14)6(18)10(12)22. The maximum absolute atomic E-state index is 6.18. The fourth-order valence-corrected chi connectivity index (χ4v) is 8.83. The zero-order chi connectivity index (χ0) is 19.0. The molecule has 0 amide bonds. The fourth-order valence-electron chi connectivity index (χ4n) is 1.40. The molecule has 0 aliphatic carbocycles. The Bertz CT molecular complexity index is 727. The maximum atomic E-state index is 6.18. The van der Waals surface area contributed by atoms with E-state index in [-0.39, 0.29) is 50.2 Å². The first kappa shape index (κ1) is 23.7. The van der Waals surface area contributed by atoms with Gasteiger partial charge in [0.2, 0.25) is 0 Å². The van der Waals surface area contributed by atoms with Crippen molar-refractivity contribution in [3.63, 3.8) is 0 Å². The van der Waals surface area contributed by atoms with Gasteiger partial charge >= 0.3 is 0 Å². The number of benzene rings is 2. The Morgan fingerprint density at radius 3 is 0.760 bits per heavy atom. The summed E-state index contributed by atoms with van der Waals surface area (Å²) in [5.41, 5.74) is 0. The van der Waals surface area contributed by atoms with Crippen molar-refractivity contribution in [3.8, 4) is 0 Å². The Kier molecular flexibility index (Phi) is 9.40. The number of hydrogen-bond donors (Lipinski definition) is 0. The van der Waals surface area contributed by atoms with Crippen LogP contribution >= 0.6 is 147 Å². The minimum absolute atomic E-state index is 0.0858. The largest absolute Gasteiger partial charge is 0.0813 e. The Balaban J connectivity index is 2.29. The molecule has 25 heavy (non-hydrogen) atoms. The summed E-state index contributed by atoms with van der Waals surface area (Å²) >= 11 is 60.8. The second-order valence-electron chi connectivity index (χ2n) is 4.03. The van der Waals surface area contributed by atoms with Crippen LogP contribution in [0.5, 0.6) is 0 Å². The fraction of sp³-hybridized carbons (Fsp3) is 0. The Labute approximate surface area is 205 Å². The topological polar surface area (TPSA) is 0 Å². The van der Waals surface area contributed by atoms with Gasteiger partial charge in [0.05, 0.1) is 60.0 Å². The molecule has 136 valence electrons. The third kappa shape index (κ3) is 4.94. The minimum atomic E-state index is 0.0858. The summed E-state index contributed by atoms with van der Waals surface area (Å²) in [6, 6.07) is 0. The molecule has 0 aliphatic heterocycles. The number of halogens is 10. The average molecular weight is 595 g/mol. The molecular weight excluding hydrogens is 595 g/mol. The van der Waals surface area contributed by atoms with Crippen LogP contribution in [0.3, 0.4) is 0 Å². The van der Waals surface area contributed by atoms with Gasteiger partial charge < -0.3 is 0 Å². The van der Waals surface area contributed by atoms with E-state index >= 15 is 0 Å². The molecule has 0 radical (unpaired) electrons. The summed E-state index contributed by atoms with van der Waals surface area (Å²) in [7, 11) is 3.62. The highest BCUT2D eigenvalue weighted by Gasteiger charge is 2.22. The van der Waals surface area contributed by atoms with Gasteiger partial charge in [0.25, 0.3) is 0 Å². The van der Waals surface area contributed by atoms with Gasteiger partial charge in [-0.3, -0.25) is 0 Å². The molecule has 0 saturated heterocycles. The third-order valence-corrected chi connectivity index (χ3v) is 11.5. The van der Waals surface area contributed by atoms with Crippen LogP contribution in [0.2, 0.25) is 50.2 Å². The van der Waals surface area contributed by atoms with Gasteiger partial charge in [0.1, 0.15) is 0 Å². The van der Waals surface area contributed by atoms with Crippen molar-refractivity contribution < 1.29 is 0 Å².